The number of carbonyl (C=O) groups is 1. The number of carbonyl (C=O) groups excluding carboxylic acids is 1. The third kappa shape index (κ3) is 8.25. The van der Waals surface area contributed by atoms with Gasteiger partial charge in [-0.3, -0.25) is 0 Å². The monoisotopic (exact) mass is 625 g/mol. The van der Waals surface area contributed by atoms with E-state index in [2.05, 4.69) is 30.2 Å². The summed E-state index contributed by atoms with van der Waals surface area (Å²) in [6.07, 6.45) is 2.00. The summed E-state index contributed by atoms with van der Waals surface area (Å²) in [5, 5.41) is 2.75. The molecule has 0 bridgehead atoms. The minimum Gasteiger partial charge on any atom is -0.480 e. The van der Waals surface area contributed by atoms with Crippen LogP contribution in [0.25, 0.3) is 22.8 Å². The quantitative estimate of drug-likeness (QED) is 0.185. The number of halogens is 3. The first-order chi connectivity index (χ1) is 21.4. The van der Waals surface area contributed by atoms with Gasteiger partial charge in [-0.2, -0.15) is 18.2 Å². The first kappa shape index (κ1) is 31.7. The van der Waals surface area contributed by atoms with E-state index in [4.69, 9.17) is 19.2 Å². The summed E-state index contributed by atoms with van der Waals surface area (Å²) in [5.74, 6) is 1.48. The van der Waals surface area contributed by atoms with E-state index in [1.54, 1.807) is 51.2 Å². The number of nitrogens with one attached hydrogen (secondary N) is 2. The molecule has 2 N–H and O–H groups in total. The SMILES string of the molecule is COc1ncnc(C2CC2)c1-c1ncc(CCCNC(=O)OC(C)(C)C)c(OCc2ccc(-c3ncc(C(F)(F)F)[nH]3)cc2)n1. The van der Waals surface area contributed by atoms with Gasteiger partial charge >= 0.3 is 12.3 Å². The molecule has 0 aliphatic heterocycles. The number of imidazole rings is 1. The van der Waals surface area contributed by atoms with E-state index in [1.165, 1.54) is 13.4 Å². The molecule has 0 radical (unpaired) electrons. The summed E-state index contributed by atoms with van der Waals surface area (Å²) in [6.45, 7) is 5.89. The largest absolute Gasteiger partial charge is 0.480 e. The van der Waals surface area contributed by atoms with Crippen molar-refractivity contribution in [2.45, 2.75) is 70.8 Å². The lowest BCUT2D eigenvalue weighted by molar-refractivity contribution is -0.140. The van der Waals surface area contributed by atoms with Crippen molar-refractivity contribution in [2.75, 3.05) is 13.7 Å². The molecule has 45 heavy (non-hydrogen) atoms. The summed E-state index contributed by atoms with van der Waals surface area (Å²) < 4.78 is 55.9. The molecule has 0 saturated heterocycles. The van der Waals surface area contributed by atoms with E-state index in [1.807, 2.05) is 0 Å². The predicted molar refractivity (Wildman–Crippen MR) is 158 cm³/mol. The standard InChI is InChI=1S/C31H34F3N7O4/c1-30(2,3)45-29(42)35-13-5-6-21-14-36-26(23-24(19-11-12-19)38-17-39-28(23)43-4)41-27(21)44-16-18-7-9-20(10-8-18)25-37-15-22(40-25)31(32,33)34/h7-10,14-15,17,19H,5-6,11-13,16H2,1-4H3,(H,35,42)(H,37,40). The topological polar surface area (TPSA) is 137 Å². The van der Waals surface area contributed by atoms with Crippen LogP contribution in [-0.4, -0.2) is 55.3 Å². The van der Waals surface area contributed by atoms with Gasteiger partial charge in [0.05, 0.1) is 19.0 Å². The molecule has 1 amide bonds. The Hall–Kier alpha value is -4.75. The predicted octanol–water partition coefficient (Wildman–Crippen LogP) is 6.26. The van der Waals surface area contributed by atoms with Gasteiger partial charge in [-0.25, -0.2) is 24.7 Å². The van der Waals surface area contributed by atoms with Crippen LogP contribution in [0.15, 0.2) is 43.0 Å². The van der Waals surface area contributed by atoms with Crippen molar-refractivity contribution in [3.05, 3.63) is 65.5 Å². The van der Waals surface area contributed by atoms with Gasteiger partial charge in [0, 0.05) is 29.8 Å². The van der Waals surface area contributed by atoms with E-state index in [0.717, 1.165) is 35.9 Å². The van der Waals surface area contributed by atoms with Crippen LogP contribution in [0.1, 0.15) is 68.5 Å². The number of methoxy groups -OCH3 is 1. The zero-order chi connectivity index (χ0) is 32.2. The second-order valence-electron chi connectivity index (χ2n) is 11.6. The lowest BCUT2D eigenvalue weighted by Crippen LogP contribution is -2.33. The number of aromatic amines is 1. The second kappa shape index (κ2) is 13.1. The Morgan fingerprint density at radius 1 is 1.02 bits per heavy atom. The first-order valence-electron chi connectivity index (χ1n) is 14.5. The smallest absolute Gasteiger partial charge is 0.432 e. The minimum absolute atomic E-state index is 0.114. The molecule has 1 aliphatic rings. The number of H-pyrrole nitrogens is 1. The maximum Gasteiger partial charge on any atom is 0.432 e. The van der Waals surface area contributed by atoms with Gasteiger partial charge < -0.3 is 24.5 Å². The Labute approximate surface area is 258 Å². The molecular formula is C31H34F3N7O4. The fourth-order valence-corrected chi connectivity index (χ4v) is 4.53. The van der Waals surface area contributed by atoms with Crippen molar-refractivity contribution in [3.8, 4) is 34.5 Å². The van der Waals surface area contributed by atoms with Crippen LogP contribution in [-0.2, 0) is 23.9 Å². The summed E-state index contributed by atoms with van der Waals surface area (Å²) in [4.78, 5) is 36.3. The number of aromatic nitrogens is 6. The van der Waals surface area contributed by atoms with Gasteiger partial charge in [-0.1, -0.05) is 24.3 Å². The lowest BCUT2D eigenvalue weighted by atomic mass is 10.1. The number of rotatable bonds is 11. The number of hydrogen-bond donors (Lipinski definition) is 2. The number of ether oxygens (including phenoxy) is 3. The lowest BCUT2D eigenvalue weighted by Gasteiger charge is -2.19. The number of alkyl halides is 3. The Balaban J connectivity index is 1.34. The fourth-order valence-electron chi connectivity index (χ4n) is 4.53. The molecule has 1 aliphatic carbocycles. The Kier molecular flexibility index (Phi) is 9.21. The van der Waals surface area contributed by atoms with Crippen molar-refractivity contribution < 1.29 is 32.2 Å². The highest BCUT2D eigenvalue weighted by Gasteiger charge is 2.33. The number of aryl methyl sites for hydroxylation is 1. The number of hydrogen-bond acceptors (Lipinski definition) is 9. The first-order valence-corrected chi connectivity index (χ1v) is 14.5. The van der Waals surface area contributed by atoms with Gasteiger partial charge in [0.1, 0.15) is 35.6 Å². The highest BCUT2D eigenvalue weighted by atomic mass is 19.4. The molecule has 11 nitrogen and oxygen atoms in total. The van der Waals surface area contributed by atoms with Gasteiger partial charge in [0.25, 0.3) is 0 Å². The fraction of sp³-hybridized carbons (Fsp3) is 0.419. The molecule has 3 heterocycles. The van der Waals surface area contributed by atoms with Crippen LogP contribution in [0.4, 0.5) is 18.0 Å². The van der Waals surface area contributed by atoms with E-state index >= 15 is 0 Å². The number of alkyl carbamates (subject to hydrolysis) is 1. The van der Waals surface area contributed by atoms with Crippen LogP contribution in [0.3, 0.4) is 0 Å². The van der Waals surface area contributed by atoms with E-state index in [9.17, 15) is 18.0 Å². The van der Waals surface area contributed by atoms with E-state index in [-0.39, 0.29) is 18.3 Å². The highest BCUT2D eigenvalue weighted by Crippen LogP contribution is 2.45. The van der Waals surface area contributed by atoms with Gasteiger partial charge in [-0.15, -0.1) is 0 Å². The second-order valence-corrected chi connectivity index (χ2v) is 11.6. The molecule has 238 valence electrons. The highest BCUT2D eigenvalue weighted by molar-refractivity contribution is 5.67. The molecular weight excluding hydrogens is 591 g/mol. The van der Waals surface area contributed by atoms with Gasteiger partial charge in [0.2, 0.25) is 11.8 Å². The molecule has 0 atom stereocenters. The zero-order valence-corrected chi connectivity index (χ0v) is 25.4. The Morgan fingerprint density at radius 2 is 1.78 bits per heavy atom. The summed E-state index contributed by atoms with van der Waals surface area (Å²) >= 11 is 0. The van der Waals surface area contributed by atoms with Crippen LogP contribution in [0.5, 0.6) is 11.8 Å². The maximum absolute atomic E-state index is 13.0. The van der Waals surface area contributed by atoms with Crippen LogP contribution in [0, 0.1) is 0 Å². The van der Waals surface area contributed by atoms with Crippen molar-refractivity contribution in [2.24, 2.45) is 0 Å². The average molecular weight is 626 g/mol. The molecule has 0 unspecified atom stereocenters. The van der Waals surface area contributed by atoms with Crippen LogP contribution >= 0.6 is 0 Å². The molecule has 5 rings (SSSR count). The van der Waals surface area contributed by atoms with Crippen molar-refractivity contribution in [1.82, 2.24) is 35.2 Å². The summed E-state index contributed by atoms with van der Waals surface area (Å²) in [6, 6.07) is 6.83. The van der Waals surface area contributed by atoms with Crippen molar-refractivity contribution in [1.29, 1.82) is 0 Å². The zero-order valence-electron chi connectivity index (χ0n) is 25.4. The van der Waals surface area contributed by atoms with Crippen molar-refractivity contribution >= 4 is 6.09 Å². The molecule has 0 spiro atoms. The summed E-state index contributed by atoms with van der Waals surface area (Å²) in [7, 11) is 1.53. The molecule has 1 fully saturated rings. The van der Waals surface area contributed by atoms with E-state index < -0.39 is 23.6 Å². The van der Waals surface area contributed by atoms with Gasteiger partial charge in [0.15, 0.2) is 5.82 Å². The summed E-state index contributed by atoms with van der Waals surface area (Å²) in [5.41, 5.74) is 1.91. The maximum atomic E-state index is 13.0. The number of benzene rings is 1. The molecule has 1 aromatic carbocycles. The van der Waals surface area contributed by atoms with Gasteiger partial charge in [-0.05, 0) is 52.0 Å². The molecule has 1 saturated carbocycles. The molecule has 4 aromatic rings. The minimum atomic E-state index is -4.51. The third-order valence-electron chi connectivity index (χ3n) is 6.82. The van der Waals surface area contributed by atoms with E-state index in [0.29, 0.717) is 48.1 Å². The molecule has 3 aromatic heterocycles. The Morgan fingerprint density at radius 3 is 2.42 bits per heavy atom. The number of amides is 1. The number of nitrogens with zero attached hydrogens (tertiary/aromatic N) is 5. The van der Waals surface area contributed by atoms with Crippen LogP contribution in [0.2, 0.25) is 0 Å². The van der Waals surface area contributed by atoms with Crippen LogP contribution < -0.4 is 14.8 Å². The normalized spacial score (nSPS) is 13.4. The molecule has 14 heteroatoms. The van der Waals surface area contributed by atoms with Crippen molar-refractivity contribution in [3.63, 3.8) is 0 Å². The average Bonchev–Trinajstić information content (AvgIpc) is 3.71. The Bertz CT molecular complexity index is 1630. The third-order valence-corrected chi connectivity index (χ3v) is 6.82.